The molecular weight excluding hydrogens is 520 g/mol. The van der Waals surface area contributed by atoms with Gasteiger partial charge in [-0.2, -0.15) is 18.3 Å². The van der Waals surface area contributed by atoms with E-state index in [1.165, 1.54) is 44.5 Å². The van der Waals surface area contributed by atoms with Crippen molar-refractivity contribution in [3.63, 3.8) is 0 Å². The van der Waals surface area contributed by atoms with Crippen molar-refractivity contribution in [3.8, 4) is 34.0 Å². The molecule has 1 unspecified atom stereocenters. The van der Waals surface area contributed by atoms with Gasteiger partial charge in [0.05, 0.1) is 37.2 Å². The summed E-state index contributed by atoms with van der Waals surface area (Å²) in [5.74, 6) is -3.82. The van der Waals surface area contributed by atoms with Crippen LogP contribution in [-0.4, -0.2) is 48.3 Å². The lowest BCUT2D eigenvalue weighted by Crippen LogP contribution is -2.24. The number of hydrogen-bond acceptors (Lipinski definition) is 7. The van der Waals surface area contributed by atoms with Crippen LogP contribution in [0.2, 0.25) is 0 Å². The zero-order valence-electron chi connectivity index (χ0n) is 20.0. The summed E-state index contributed by atoms with van der Waals surface area (Å²) in [5, 5.41) is 10.2. The minimum Gasteiger partial charge on any atom is -0.496 e. The number of halogens is 6. The Hall–Kier alpha value is -4.33. The predicted molar refractivity (Wildman–Crippen MR) is 124 cm³/mol. The predicted octanol–water partition coefficient (Wildman–Crippen LogP) is 5.91. The Kier molecular flexibility index (Phi) is 7.44. The molecule has 0 saturated carbocycles. The van der Waals surface area contributed by atoms with E-state index in [1.807, 2.05) is 0 Å². The molecule has 2 aromatic carbocycles. The first-order chi connectivity index (χ1) is 18.1. The van der Waals surface area contributed by atoms with E-state index in [4.69, 9.17) is 9.26 Å². The largest absolute Gasteiger partial charge is 0.496 e. The Morgan fingerprint density at radius 3 is 2.50 bits per heavy atom. The number of nitrogens with zero attached hydrogens (tertiary/aromatic N) is 4. The summed E-state index contributed by atoms with van der Waals surface area (Å²) in [4.78, 5) is 3.55. The number of methoxy groups -OCH3 is 2. The Bertz CT molecular complexity index is 1480. The fourth-order valence-corrected chi connectivity index (χ4v) is 3.69. The summed E-state index contributed by atoms with van der Waals surface area (Å²) in [6.45, 7) is 0. The summed E-state index contributed by atoms with van der Waals surface area (Å²) >= 11 is 0. The van der Waals surface area contributed by atoms with E-state index in [1.54, 1.807) is 0 Å². The Morgan fingerprint density at radius 1 is 1.13 bits per heavy atom. The van der Waals surface area contributed by atoms with Crippen LogP contribution in [0.25, 0.3) is 28.3 Å². The van der Waals surface area contributed by atoms with Crippen molar-refractivity contribution in [2.75, 3.05) is 21.3 Å². The van der Waals surface area contributed by atoms with E-state index >= 15 is 4.39 Å². The zero-order chi connectivity index (χ0) is 27.6. The Morgan fingerprint density at radius 2 is 1.87 bits per heavy atom. The van der Waals surface area contributed by atoms with Gasteiger partial charge in [-0.15, -0.1) is 0 Å². The lowest BCUT2D eigenvalue weighted by atomic mass is 10.1. The lowest BCUT2D eigenvalue weighted by molar-refractivity contribution is -0.0754. The highest BCUT2D eigenvalue weighted by Gasteiger charge is 2.39. The first kappa shape index (κ1) is 26.7. The van der Waals surface area contributed by atoms with E-state index in [9.17, 15) is 22.0 Å². The maximum atomic E-state index is 15.2. The zero-order valence-corrected chi connectivity index (χ0v) is 20.0. The fourth-order valence-electron chi connectivity index (χ4n) is 3.69. The molecule has 2 heterocycles. The van der Waals surface area contributed by atoms with Gasteiger partial charge in [0, 0.05) is 0 Å². The number of rotatable bonds is 7. The van der Waals surface area contributed by atoms with Crippen molar-refractivity contribution in [2.45, 2.75) is 12.5 Å². The molecule has 0 amide bonds. The number of aromatic nitrogens is 3. The maximum absolute atomic E-state index is 15.2. The third kappa shape index (κ3) is 4.94. The summed E-state index contributed by atoms with van der Waals surface area (Å²) in [5.41, 5.74) is -1.82. The van der Waals surface area contributed by atoms with Gasteiger partial charge in [0.2, 0.25) is 0 Å². The van der Waals surface area contributed by atoms with E-state index in [0.29, 0.717) is 0 Å². The average Bonchev–Trinajstić information content (AvgIpc) is 3.50. The standard InChI is InChI=1S/C24H19F6N5O3/c1-31-22(27)20-14(11-32-35(20)13-7-4-6-12(25)10-13)21-19(33-23(37-3)24(28,29)30)18(34-38-21)17-15(26)8-5-9-16(17)36-2/h4-11,22,31H,1-3H3/b33-23-. The van der Waals surface area contributed by atoms with Crippen LogP contribution in [0.1, 0.15) is 12.0 Å². The molecule has 200 valence electrons. The number of hydrogen-bond donors (Lipinski definition) is 1. The van der Waals surface area contributed by atoms with Gasteiger partial charge in [-0.25, -0.2) is 22.8 Å². The van der Waals surface area contributed by atoms with Crippen LogP contribution in [-0.2, 0) is 4.74 Å². The number of aliphatic imine (C=N–C) groups is 1. The smallest absolute Gasteiger partial charge is 0.468 e. The second-order valence-corrected chi connectivity index (χ2v) is 7.63. The molecule has 0 saturated heterocycles. The number of nitrogens with one attached hydrogen (secondary N) is 1. The molecule has 0 bridgehead atoms. The van der Waals surface area contributed by atoms with Crippen molar-refractivity contribution < 1.29 is 40.3 Å². The number of benzene rings is 2. The van der Waals surface area contributed by atoms with E-state index in [2.05, 4.69) is 25.3 Å². The van der Waals surface area contributed by atoms with Crippen molar-refractivity contribution in [2.24, 2.45) is 4.99 Å². The van der Waals surface area contributed by atoms with Crippen molar-refractivity contribution in [3.05, 3.63) is 66.0 Å². The second kappa shape index (κ2) is 10.6. The maximum Gasteiger partial charge on any atom is 0.468 e. The lowest BCUT2D eigenvalue weighted by Gasteiger charge is -2.13. The van der Waals surface area contributed by atoms with Crippen molar-refractivity contribution in [1.29, 1.82) is 0 Å². The Balaban J connectivity index is 2.05. The van der Waals surface area contributed by atoms with Crippen LogP contribution < -0.4 is 10.1 Å². The minimum atomic E-state index is -5.05. The van der Waals surface area contributed by atoms with Crippen molar-refractivity contribution in [1.82, 2.24) is 20.3 Å². The summed E-state index contributed by atoms with van der Waals surface area (Å²) in [6.07, 6.45) is -5.94. The van der Waals surface area contributed by atoms with Crippen LogP contribution >= 0.6 is 0 Å². The van der Waals surface area contributed by atoms with Crippen LogP contribution in [0.3, 0.4) is 0 Å². The van der Waals surface area contributed by atoms with Gasteiger partial charge in [-0.3, -0.25) is 5.32 Å². The monoisotopic (exact) mass is 539 g/mol. The third-order valence-corrected chi connectivity index (χ3v) is 5.35. The van der Waals surface area contributed by atoms with Gasteiger partial charge in [0.15, 0.2) is 12.1 Å². The van der Waals surface area contributed by atoms with E-state index in [-0.39, 0.29) is 28.3 Å². The van der Waals surface area contributed by atoms with Gasteiger partial charge in [0.25, 0.3) is 5.90 Å². The number of ether oxygens (including phenoxy) is 2. The van der Waals surface area contributed by atoms with Crippen LogP contribution in [0.5, 0.6) is 5.75 Å². The molecule has 0 radical (unpaired) electrons. The normalized spacial score (nSPS) is 13.0. The highest BCUT2D eigenvalue weighted by molar-refractivity contribution is 5.92. The fraction of sp³-hybridized carbons (Fsp3) is 0.208. The molecule has 0 aliphatic heterocycles. The molecule has 0 aliphatic carbocycles. The summed E-state index contributed by atoms with van der Waals surface area (Å²) < 4.78 is 101. The van der Waals surface area contributed by atoms with E-state index < -0.39 is 47.1 Å². The molecule has 0 fully saturated rings. The van der Waals surface area contributed by atoms with Gasteiger partial charge < -0.3 is 14.0 Å². The first-order valence-corrected chi connectivity index (χ1v) is 10.8. The van der Waals surface area contributed by atoms with Crippen LogP contribution in [0, 0.1) is 11.6 Å². The molecule has 4 rings (SSSR count). The number of alkyl halides is 4. The average molecular weight is 539 g/mol. The SMILES string of the molecule is CNC(F)c1c(-c2onc(-c3c(F)cccc3OC)c2/N=C(\OC)C(F)(F)F)cnn1-c1cccc(F)c1. The van der Waals surface area contributed by atoms with Crippen LogP contribution in [0.15, 0.2) is 58.2 Å². The summed E-state index contributed by atoms with van der Waals surface area (Å²) in [7, 11) is 3.24. The topological polar surface area (TPSA) is 86.7 Å². The minimum absolute atomic E-state index is 0.0819. The van der Waals surface area contributed by atoms with Crippen molar-refractivity contribution >= 4 is 11.6 Å². The molecule has 38 heavy (non-hydrogen) atoms. The van der Waals surface area contributed by atoms with E-state index in [0.717, 1.165) is 30.1 Å². The second-order valence-electron chi connectivity index (χ2n) is 7.63. The molecular formula is C24H19F6N5O3. The molecule has 1 atom stereocenters. The molecule has 1 N–H and O–H groups in total. The first-order valence-electron chi connectivity index (χ1n) is 10.8. The van der Waals surface area contributed by atoms with Crippen LogP contribution in [0.4, 0.5) is 32.0 Å². The highest BCUT2D eigenvalue weighted by atomic mass is 19.4. The molecule has 2 aromatic heterocycles. The van der Waals surface area contributed by atoms with Gasteiger partial charge in [-0.05, 0) is 37.4 Å². The molecule has 8 nitrogen and oxygen atoms in total. The van der Waals surface area contributed by atoms with Gasteiger partial charge >= 0.3 is 6.18 Å². The van der Waals surface area contributed by atoms with Gasteiger partial charge in [0.1, 0.15) is 34.5 Å². The Labute approximate surface area is 211 Å². The quantitative estimate of drug-likeness (QED) is 0.136. The molecule has 0 aliphatic rings. The summed E-state index contributed by atoms with van der Waals surface area (Å²) in [6, 6.07) is 8.75. The third-order valence-electron chi connectivity index (χ3n) is 5.35. The molecule has 0 spiro atoms. The highest BCUT2D eigenvalue weighted by Crippen LogP contribution is 2.45. The molecule has 4 aromatic rings. The van der Waals surface area contributed by atoms with Gasteiger partial charge in [-0.1, -0.05) is 17.3 Å². The molecule has 14 heteroatoms.